The predicted octanol–water partition coefficient (Wildman–Crippen LogP) is -2.29. The number of aliphatic hydroxyl groups excluding tert-OH is 2. The van der Waals surface area contributed by atoms with E-state index in [2.05, 4.69) is 20.3 Å². The van der Waals surface area contributed by atoms with Crippen LogP contribution in [0.3, 0.4) is 0 Å². The van der Waals surface area contributed by atoms with E-state index in [1.807, 2.05) is 19.0 Å². The first kappa shape index (κ1) is 17.5. The molecule has 0 bridgehead atoms. The van der Waals surface area contributed by atoms with Gasteiger partial charge in [0.25, 0.3) is 5.91 Å². The van der Waals surface area contributed by atoms with Crippen molar-refractivity contribution in [1.82, 2.24) is 29.7 Å². The maximum atomic E-state index is 12.2. The van der Waals surface area contributed by atoms with Gasteiger partial charge in [0.2, 0.25) is 0 Å². The Labute approximate surface area is 143 Å². The fourth-order valence-corrected chi connectivity index (χ4v) is 2.67. The molecule has 1 aliphatic heterocycles. The maximum absolute atomic E-state index is 12.2. The van der Waals surface area contributed by atoms with E-state index in [1.54, 1.807) is 0 Å². The molecular weight excluding hydrogens is 330 g/mol. The number of carbonyl (C=O) groups is 1. The SMILES string of the molecule is CN(C)CCNC(=O)[C@H]1OC(n2cnc3c(N)ncnc32)[C@H](O)[C@@H]1O. The molecule has 25 heavy (non-hydrogen) atoms. The lowest BCUT2D eigenvalue weighted by atomic mass is 10.1. The molecule has 5 N–H and O–H groups in total. The Morgan fingerprint density at radius 1 is 1.36 bits per heavy atom. The molecule has 1 saturated heterocycles. The number of carbonyl (C=O) groups excluding carboxylic acids is 1. The van der Waals surface area contributed by atoms with Gasteiger partial charge in [0.1, 0.15) is 24.1 Å². The first-order chi connectivity index (χ1) is 11.9. The van der Waals surface area contributed by atoms with E-state index in [0.717, 1.165) is 0 Å². The molecule has 136 valence electrons. The first-order valence-corrected chi connectivity index (χ1v) is 7.77. The Kier molecular flexibility index (Phi) is 4.81. The number of fused-ring (bicyclic) bond motifs is 1. The fraction of sp³-hybridized carbons (Fsp3) is 0.571. The number of ether oxygens (including phenoxy) is 1. The standard InChI is InChI=1S/C14H21N7O4/c1-20(2)4-3-16-13(24)10-8(22)9(23)14(25-10)21-6-19-7-11(15)17-5-18-12(7)21/h5-6,8-10,14,22-23H,3-4H2,1-2H3,(H,16,24)(H2,15,17,18)/t8-,9+,10-,14?/m0/s1. The van der Waals surface area contributed by atoms with Gasteiger partial charge in [-0.25, -0.2) is 15.0 Å². The van der Waals surface area contributed by atoms with E-state index >= 15 is 0 Å². The zero-order valence-corrected chi connectivity index (χ0v) is 13.9. The van der Waals surface area contributed by atoms with Gasteiger partial charge in [-0.15, -0.1) is 0 Å². The molecule has 11 heteroatoms. The van der Waals surface area contributed by atoms with E-state index in [9.17, 15) is 15.0 Å². The number of rotatable bonds is 5. The molecule has 0 radical (unpaired) electrons. The Bertz CT molecular complexity index is 765. The summed E-state index contributed by atoms with van der Waals surface area (Å²) in [7, 11) is 3.76. The van der Waals surface area contributed by atoms with Crippen LogP contribution in [-0.4, -0.2) is 86.0 Å². The maximum Gasteiger partial charge on any atom is 0.252 e. The van der Waals surface area contributed by atoms with E-state index in [1.165, 1.54) is 17.2 Å². The third kappa shape index (κ3) is 3.26. The minimum Gasteiger partial charge on any atom is -0.387 e. The first-order valence-electron chi connectivity index (χ1n) is 7.77. The molecule has 0 aliphatic carbocycles. The fourth-order valence-electron chi connectivity index (χ4n) is 2.67. The number of amides is 1. The van der Waals surface area contributed by atoms with E-state index < -0.39 is 30.4 Å². The number of nitrogen functional groups attached to an aromatic ring is 1. The van der Waals surface area contributed by atoms with E-state index in [-0.39, 0.29) is 5.82 Å². The minimum atomic E-state index is -1.37. The van der Waals surface area contributed by atoms with E-state index in [0.29, 0.717) is 24.3 Å². The number of aliphatic hydroxyl groups is 2. The normalized spacial score (nSPS) is 26.4. The number of nitrogens with zero attached hydrogens (tertiary/aromatic N) is 5. The van der Waals surface area contributed by atoms with Gasteiger partial charge >= 0.3 is 0 Å². The van der Waals surface area contributed by atoms with Crippen LogP contribution in [0, 0.1) is 0 Å². The highest BCUT2D eigenvalue weighted by atomic mass is 16.6. The van der Waals surface area contributed by atoms with Crippen LogP contribution < -0.4 is 11.1 Å². The third-order valence-corrected chi connectivity index (χ3v) is 4.02. The highest BCUT2D eigenvalue weighted by Gasteiger charge is 2.47. The van der Waals surface area contributed by atoms with Crippen LogP contribution in [0.1, 0.15) is 6.23 Å². The molecule has 3 rings (SSSR count). The molecule has 0 spiro atoms. The van der Waals surface area contributed by atoms with Crippen molar-refractivity contribution >= 4 is 22.9 Å². The summed E-state index contributed by atoms with van der Waals surface area (Å²) in [4.78, 5) is 26.1. The van der Waals surface area contributed by atoms with Crippen LogP contribution in [0.5, 0.6) is 0 Å². The molecule has 0 aromatic carbocycles. The lowest BCUT2D eigenvalue weighted by Gasteiger charge is -2.16. The van der Waals surface area contributed by atoms with Crippen LogP contribution in [0.25, 0.3) is 11.2 Å². The zero-order chi connectivity index (χ0) is 18.1. The number of hydrogen-bond acceptors (Lipinski definition) is 9. The monoisotopic (exact) mass is 351 g/mol. The number of nitrogens with two attached hydrogens (primary N) is 1. The van der Waals surface area contributed by atoms with E-state index in [4.69, 9.17) is 10.5 Å². The third-order valence-electron chi connectivity index (χ3n) is 4.02. The quantitative estimate of drug-likeness (QED) is 0.466. The van der Waals surface area contributed by atoms with Gasteiger partial charge in [-0.1, -0.05) is 0 Å². The van der Waals surface area contributed by atoms with Crippen LogP contribution in [0.2, 0.25) is 0 Å². The Balaban J connectivity index is 1.77. The molecule has 1 unspecified atom stereocenters. The molecule has 1 fully saturated rings. The largest absolute Gasteiger partial charge is 0.387 e. The highest BCUT2D eigenvalue weighted by Crippen LogP contribution is 2.31. The predicted molar refractivity (Wildman–Crippen MR) is 87.2 cm³/mol. The number of aromatic nitrogens is 4. The summed E-state index contributed by atoms with van der Waals surface area (Å²) in [5.41, 5.74) is 6.44. The summed E-state index contributed by atoms with van der Waals surface area (Å²) in [6, 6.07) is 0. The average Bonchev–Trinajstić information content (AvgIpc) is 3.10. The van der Waals surface area contributed by atoms with Crippen LogP contribution in [0.15, 0.2) is 12.7 Å². The van der Waals surface area contributed by atoms with Gasteiger partial charge in [0, 0.05) is 13.1 Å². The van der Waals surface area contributed by atoms with Gasteiger partial charge in [-0.05, 0) is 14.1 Å². The summed E-state index contributed by atoms with van der Waals surface area (Å²) in [5.74, 6) is -0.302. The molecule has 4 atom stereocenters. The van der Waals surface area contributed by atoms with Crippen molar-refractivity contribution in [1.29, 1.82) is 0 Å². The topological polar surface area (TPSA) is 152 Å². The lowest BCUT2D eigenvalue weighted by Crippen LogP contribution is -2.44. The molecule has 11 nitrogen and oxygen atoms in total. The van der Waals surface area contributed by atoms with Gasteiger partial charge in [-0.2, -0.15) is 0 Å². The second-order valence-electron chi connectivity index (χ2n) is 6.11. The summed E-state index contributed by atoms with van der Waals surface area (Å²) in [6.07, 6.45) is -2.27. The second-order valence-corrected chi connectivity index (χ2v) is 6.11. The van der Waals surface area contributed by atoms with Gasteiger partial charge < -0.3 is 30.9 Å². The highest BCUT2D eigenvalue weighted by molar-refractivity contribution is 5.82. The van der Waals surface area contributed by atoms with Gasteiger partial charge in [-0.3, -0.25) is 9.36 Å². The summed E-state index contributed by atoms with van der Waals surface area (Å²) in [6.45, 7) is 1.04. The number of hydrogen-bond donors (Lipinski definition) is 4. The molecule has 3 heterocycles. The molecular formula is C14H21N7O4. The number of imidazole rings is 1. The molecule has 1 aliphatic rings. The number of anilines is 1. The minimum absolute atomic E-state index is 0.190. The Morgan fingerprint density at radius 2 is 2.12 bits per heavy atom. The van der Waals surface area contributed by atoms with Crippen molar-refractivity contribution in [3.05, 3.63) is 12.7 Å². The molecule has 2 aromatic heterocycles. The van der Waals surface area contributed by atoms with Gasteiger partial charge in [0.15, 0.2) is 23.8 Å². The second kappa shape index (κ2) is 6.88. The number of likely N-dealkylation sites (N-methyl/N-ethyl adjacent to an activating group) is 1. The number of nitrogens with one attached hydrogen (secondary N) is 1. The van der Waals surface area contributed by atoms with Crippen molar-refractivity contribution in [2.75, 3.05) is 32.9 Å². The van der Waals surface area contributed by atoms with Crippen molar-refractivity contribution in [3.63, 3.8) is 0 Å². The Hall–Kier alpha value is -2.34. The van der Waals surface area contributed by atoms with Gasteiger partial charge in [0.05, 0.1) is 6.33 Å². The van der Waals surface area contributed by atoms with Crippen LogP contribution in [0.4, 0.5) is 5.82 Å². The molecule has 0 saturated carbocycles. The van der Waals surface area contributed by atoms with Crippen molar-refractivity contribution < 1.29 is 19.7 Å². The summed E-state index contributed by atoms with van der Waals surface area (Å²) >= 11 is 0. The van der Waals surface area contributed by atoms with Crippen LogP contribution in [-0.2, 0) is 9.53 Å². The van der Waals surface area contributed by atoms with Crippen LogP contribution >= 0.6 is 0 Å². The molecule has 2 aromatic rings. The average molecular weight is 351 g/mol. The Morgan fingerprint density at radius 3 is 2.84 bits per heavy atom. The zero-order valence-electron chi connectivity index (χ0n) is 13.9. The van der Waals surface area contributed by atoms with Crippen molar-refractivity contribution in [2.45, 2.75) is 24.5 Å². The van der Waals surface area contributed by atoms with Crippen molar-refractivity contribution in [3.8, 4) is 0 Å². The lowest BCUT2D eigenvalue weighted by molar-refractivity contribution is -0.137. The molecule has 1 amide bonds. The summed E-state index contributed by atoms with van der Waals surface area (Å²) in [5, 5.41) is 23.2. The smallest absolute Gasteiger partial charge is 0.252 e. The summed E-state index contributed by atoms with van der Waals surface area (Å²) < 4.78 is 7.02. The van der Waals surface area contributed by atoms with Crippen molar-refractivity contribution in [2.24, 2.45) is 0 Å².